The lowest BCUT2D eigenvalue weighted by Gasteiger charge is -2.22. The molecule has 1 aromatic rings. The zero-order valence-corrected chi connectivity index (χ0v) is 14.1. The van der Waals surface area contributed by atoms with E-state index >= 15 is 0 Å². The number of hydrogen-bond donors (Lipinski definition) is 1. The molecule has 8 heteroatoms. The highest BCUT2D eigenvalue weighted by atomic mass is 19.4. The van der Waals surface area contributed by atoms with Crippen molar-refractivity contribution >= 4 is 17.6 Å². The van der Waals surface area contributed by atoms with Crippen molar-refractivity contribution in [2.24, 2.45) is 0 Å². The smallest absolute Gasteiger partial charge is 0.371 e. The van der Waals surface area contributed by atoms with Crippen molar-refractivity contribution in [3.8, 4) is 0 Å². The number of hydrogen-bond acceptors (Lipinski definition) is 3. The number of amides is 3. The van der Waals surface area contributed by atoms with Crippen molar-refractivity contribution in [3.05, 3.63) is 29.3 Å². The minimum atomic E-state index is -4.35. The fraction of sp³-hybridized carbons (Fsp3) is 0.529. The average Bonchev–Trinajstić information content (AvgIpc) is 3.00. The van der Waals surface area contributed by atoms with Gasteiger partial charge >= 0.3 is 12.2 Å². The second-order valence-electron chi connectivity index (χ2n) is 6.90. The Morgan fingerprint density at radius 2 is 1.92 bits per heavy atom. The van der Waals surface area contributed by atoms with Crippen LogP contribution in [0, 0.1) is 0 Å². The number of nitrogens with one attached hydrogen (secondary N) is 1. The van der Waals surface area contributed by atoms with Gasteiger partial charge in [0.25, 0.3) is 5.91 Å². The van der Waals surface area contributed by atoms with Gasteiger partial charge in [-0.05, 0) is 44.4 Å². The number of halogens is 3. The van der Waals surface area contributed by atoms with Gasteiger partial charge < -0.3 is 10.2 Å². The zero-order chi connectivity index (χ0) is 18.4. The summed E-state index contributed by atoms with van der Waals surface area (Å²) in [5.41, 5.74) is -0.569. The lowest BCUT2D eigenvalue weighted by atomic mass is 10.0. The molecule has 3 rings (SSSR count). The fourth-order valence-electron chi connectivity index (χ4n) is 3.44. The second-order valence-corrected chi connectivity index (χ2v) is 6.90. The van der Waals surface area contributed by atoms with Crippen LogP contribution < -0.4 is 10.2 Å². The third-order valence-electron chi connectivity index (χ3n) is 4.68. The van der Waals surface area contributed by atoms with E-state index in [1.54, 1.807) is 19.9 Å². The number of anilines is 1. The first-order chi connectivity index (χ1) is 11.6. The van der Waals surface area contributed by atoms with Crippen LogP contribution in [0.15, 0.2) is 18.2 Å². The Labute approximate surface area is 143 Å². The van der Waals surface area contributed by atoms with Crippen LogP contribution in [0.3, 0.4) is 0 Å². The third-order valence-corrected chi connectivity index (χ3v) is 4.68. The number of rotatable bonds is 4. The number of fused-ring (bicyclic) bond motifs is 1. The summed E-state index contributed by atoms with van der Waals surface area (Å²) in [6, 6.07) is 3.79. The van der Waals surface area contributed by atoms with Crippen LogP contribution in [0.25, 0.3) is 0 Å². The van der Waals surface area contributed by atoms with E-state index in [4.69, 9.17) is 0 Å². The molecule has 3 amide bonds. The summed E-state index contributed by atoms with van der Waals surface area (Å²) in [6.45, 7) is 4.53. The topological polar surface area (TPSA) is 52.7 Å². The monoisotopic (exact) mass is 355 g/mol. The van der Waals surface area contributed by atoms with E-state index < -0.39 is 23.3 Å². The molecular formula is C17H20F3N3O2. The minimum absolute atomic E-state index is 0.249. The highest BCUT2D eigenvalue weighted by Gasteiger charge is 2.44. The summed E-state index contributed by atoms with van der Waals surface area (Å²) in [5.74, 6) is -0.279. The molecule has 0 aliphatic carbocycles. The summed E-state index contributed by atoms with van der Waals surface area (Å²) < 4.78 is 39.2. The molecule has 1 fully saturated rings. The van der Waals surface area contributed by atoms with Crippen molar-refractivity contribution in [1.82, 2.24) is 10.2 Å². The van der Waals surface area contributed by atoms with Gasteiger partial charge in [-0.25, -0.2) is 4.79 Å². The van der Waals surface area contributed by atoms with Crippen LogP contribution in [0.2, 0.25) is 0 Å². The predicted octanol–water partition coefficient (Wildman–Crippen LogP) is 2.79. The van der Waals surface area contributed by atoms with Gasteiger partial charge in [0.05, 0.1) is 5.56 Å². The fourth-order valence-corrected chi connectivity index (χ4v) is 3.44. The van der Waals surface area contributed by atoms with Crippen LogP contribution in [0.1, 0.15) is 31.4 Å². The second kappa shape index (κ2) is 5.93. The van der Waals surface area contributed by atoms with Gasteiger partial charge in [0.1, 0.15) is 5.54 Å². The van der Waals surface area contributed by atoms with Crippen LogP contribution in [0.4, 0.5) is 23.7 Å². The van der Waals surface area contributed by atoms with Gasteiger partial charge in [0.2, 0.25) is 0 Å². The number of carbonyl (C=O) groups excluding carboxylic acids is 2. The van der Waals surface area contributed by atoms with Gasteiger partial charge in [0, 0.05) is 25.3 Å². The summed E-state index contributed by atoms with van der Waals surface area (Å²) in [7, 11) is 0. The molecule has 0 unspecified atom stereocenters. The number of carbonyl (C=O) groups is 2. The van der Waals surface area contributed by atoms with E-state index in [1.807, 2.05) is 4.90 Å². The van der Waals surface area contributed by atoms with Gasteiger partial charge in [-0.15, -0.1) is 0 Å². The third kappa shape index (κ3) is 3.17. The molecule has 2 aliphatic rings. The van der Waals surface area contributed by atoms with E-state index in [9.17, 15) is 22.8 Å². The molecule has 0 bridgehead atoms. The Morgan fingerprint density at radius 3 is 2.52 bits per heavy atom. The number of imide groups is 1. The van der Waals surface area contributed by atoms with Crippen molar-refractivity contribution in [3.63, 3.8) is 0 Å². The van der Waals surface area contributed by atoms with E-state index in [1.165, 1.54) is 11.0 Å². The van der Waals surface area contributed by atoms with Gasteiger partial charge in [-0.3, -0.25) is 9.69 Å². The first-order valence-corrected chi connectivity index (χ1v) is 8.19. The van der Waals surface area contributed by atoms with E-state index in [2.05, 4.69) is 5.32 Å². The first-order valence-electron chi connectivity index (χ1n) is 8.19. The maximum absolute atomic E-state index is 13.1. The Balaban J connectivity index is 1.64. The molecule has 0 spiro atoms. The van der Waals surface area contributed by atoms with Crippen LogP contribution >= 0.6 is 0 Å². The average molecular weight is 355 g/mol. The largest absolute Gasteiger partial charge is 0.416 e. The number of alkyl halides is 3. The lowest BCUT2D eigenvalue weighted by Crippen LogP contribution is -2.40. The Hall–Kier alpha value is -2.25. The molecular weight excluding hydrogens is 335 g/mol. The molecule has 5 nitrogen and oxygen atoms in total. The highest BCUT2D eigenvalue weighted by molar-refractivity contribution is 6.06. The number of urea groups is 1. The predicted molar refractivity (Wildman–Crippen MR) is 86.3 cm³/mol. The first kappa shape index (κ1) is 17.6. The lowest BCUT2D eigenvalue weighted by molar-refractivity contribution is -0.138. The number of nitrogens with zero attached hydrogens (tertiary/aromatic N) is 2. The Kier molecular flexibility index (Phi) is 4.17. The molecule has 2 heterocycles. The van der Waals surface area contributed by atoms with E-state index in [0.29, 0.717) is 37.2 Å². The summed E-state index contributed by atoms with van der Waals surface area (Å²) >= 11 is 0. The minimum Gasteiger partial charge on any atom is -0.371 e. The van der Waals surface area contributed by atoms with Crippen molar-refractivity contribution in [1.29, 1.82) is 0 Å². The number of benzene rings is 1. The van der Waals surface area contributed by atoms with Crippen molar-refractivity contribution in [2.45, 2.75) is 38.4 Å². The molecule has 136 valence electrons. The Morgan fingerprint density at radius 1 is 1.20 bits per heavy atom. The molecule has 0 aromatic heterocycles. The molecule has 2 aliphatic heterocycles. The normalized spacial score (nSPS) is 19.4. The van der Waals surface area contributed by atoms with Crippen LogP contribution in [0.5, 0.6) is 0 Å². The maximum Gasteiger partial charge on any atom is 0.416 e. The highest BCUT2D eigenvalue weighted by Crippen LogP contribution is 2.39. The SMILES string of the molecule is CC1(C)NC(=O)N(CCCN2CCc3c2cccc3C(F)(F)F)C1=O. The van der Waals surface area contributed by atoms with Gasteiger partial charge in [0.15, 0.2) is 0 Å². The molecule has 1 saturated heterocycles. The summed E-state index contributed by atoms with van der Waals surface area (Å²) in [6.07, 6.45) is -3.50. The maximum atomic E-state index is 13.1. The summed E-state index contributed by atoms with van der Waals surface area (Å²) in [4.78, 5) is 27.0. The molecule has 1 N–H and O–H groups in total. The molecule has 0 radical (unpaired) electrons. The standard InChI is InChI=1S/C17H20F3N3O2/c1-16(2)14(24)23(15(25)21-16)9-4-8-22-10-7-11-12(17(18,19)20)5-3-6-13(11)22/h3,5-6H,4,7-10H2,1-2H3,(H,21,25). The quantitative estimate of drug-likeness (QED) is 0.845. The summed E-state index contributed by atoms with van der Waals surface area (Å²) in [5, 5.41) is 2.61. The zero-order valence-electron chi connectivity index (χ0n) is 14.1. The van der Waals surface area contributed by atoms with Crippen molar-refractivity contribution in [2.75, 3.05) is 24.5 Å². The van der Waals surface area contributed by atoms with Crippen LogP contribution in [-0.4, -0.2) is 42.0 Å². The van der Waals surface area contributed by atoms with Gasteiger partial charge in [-0.1, -0.05) is 6.07 Å². The molecule has 0 saturated carbocycles. The van der Waals surface area contributed by atoms with Crippen LogP contribution in [-0.2, 0) is 17.4 Å². The molecule has 0 atom stereocenters. The molecule has 1 aromatic carbocycles. The van der Waals surface area contributed by atoms with Gasteiger partial charge in [-0.2, -0.15) is 13.2 Å². The van der Waals surface area contributed by atoms with E-state index in [-0.39, 0.29) is 12.5 Å². The molecule has 25 heavy (non-hydrogen) atoms. The van der Waals surface area contributed by atoms with Crippen molar-refractivity contribution < 1.29 is 22.8 Å². The Bertz CT molecular complexity index is 716. The van der Waals surface area contributed by atoms with E-state index in [0.717, 1.165) is 6.07 Å².